The molecule has 0 unspecified atom stereocenters. The van der Waals surface area contributed by atoms with Crippen LogP contribution in [0.1, 0.15) is 44.1 Å². The molecule has 0 aliphatic rings. The second-order valence-corrected chi connectivity index (χ2v) is 4.13. The maximum absolute atomic E-state index is 10.9. The smallest absolute Gasteiger partial charge is 0.352 e. The first kappa shape index (κ1) is 10.8. The van der Waals surface area contributed by atoms with Crippen LogP contribution >= 0.6 is 0 Å². The molecule has 1 aromatic heterocycles. The van der Waals surface area contributed by atoms with Crippen LogP contribution in [0.4, 0.5) is 0 Å². The van der Waals surface area contributed by atoms with Crippen LogP contribution in [0.3, 0.4) is 0 Å². The van der Waals surface area contributed by atoms with Gasteiger partial charge in [0.25, 0.3) is 0 Å². The van der Waals surface area contributed by atoms with E-state index in [9.17, 15) is 4.79 Å². The summed E-state index contributed by atoms with van der Waals surface area (Å²) in [6.45, 7) is 6.22. The maximum Gasteiger partial charge on any atom is 0.352 e. The molecule has 14 heavy (non-hydrogen) atoms. The molecule has 0 radical (unpaired) electrons. The van der Waals surface area contributed by atoms with Crippen LogP contribution in [0.25, 0.3) is 0 Å². The van der Waals surface area contributed by atoms with Gasteiger partial charge in [0.05, 0.1) is 0 Å². The zero-order chi connectivity index (χ0) is 10.8. The molecule has 0 aliphatic carbocycles. The van der Waals surface area contributed by atoms with Crippen molar-refractivity contribution in [1.29, 1.82) is 0 Å². The van der Waals surface area contributed by atoms with Gasteiger partial charge in [0.15, 0.2) is 0 Å². The second kappa shape index (κ2) is 3.86. The molecule has 0 atom stereocenters. The van der Waals surface area contributed by atoms with E-state index >= 15 is 0 Å². The highest BCUT2D eigenvalue weighted by Gasteiger charge is 2.23. The number of hydrogen-bond acceptors (Lipinski definition) is 1. The minimum atomic E-state index is -0.862. The molecule has 1 heterocycles. The normalized spacial score (nSPS) is 11.6. The Hall–Kier alpha value is -1.25. The van der Waals surface area contributed by atoms with Crippen molar-refractivity contribution in [3.8, 4) is 0 Å². The minimum Gasteiger partial charge on any atom is -0.477 e. The number of carboxylic acids is 1. The minimum absolute atomic E-state index is 0.119. The molecule has 0 bridgehead atoms. The SMILES string of the molecule is CCCC(C)(C)n1cccc1C(=O)O. The Morgan fingerprint density at radius 2 is 2.21 bits per heavy atom. The average Bonchev–Trinajstić information content (AvgIpc) is 2.51. The van der Waals surface area contributed by atoms with Gasteiger partial charge in [0, 0.05) is 11.7 Å². The van der Waals surface area contributed by atoms with Gasteiger partial charge in [-0.25, -0.2) is 4.79 Å². The number of aromatic carboxylic acids is 1. The third-order valence-corrected chi connectivity index (χ3v) is 2.48. The van der Waals surface area contributed by atoms with Crippen molar-refractivity contribution in [3.05, 3.63) is 24.0 Å². The van der Waals surface area contributed by atoms with Crippen LogP contribution in [-0.2, 0) is 5.54 Å². The lowest BCUT2D eigenvalue weighted by molar-refractivity contribution is 0.0676. The molecule has 0 aliphatic heterocycles. The summed E-state index contributed by atoms with van der Waals surface area (Å²) in [5.41, 5.74) is 0.245. The van der Waals surface area contributed by atoms with Crippen LogP contribution in [0.15, 0.2) is 18.3 Å². The van der Waals surface area contributed by atoms with Gasteiger partial charge >= 0.3 is 5.97 Å². The van der Waals surface area contributed by atoms with Crippen molar-refractivity contribution in [1.82, 2.24) is 4.57 Å². The van der Waals surface area contributed by atoms with Crippen molar-refractivity contribution in [2.45, 2.75) is 39.2 Å². The Morgan fingerprint density at radius 3 is 2.71 bits per heavy atom. The Bertz CT molecular complexity index is 326. The number of hydrogen-bond donors (Lipinski definition) is 1. The predicted octanol–water partition coefficient (Wildman–Crippen LogP) is 2.72. The molecule has 0 aromatic carbocycles. The lowest BCUT2D eigenvalue weighted by atomic mass is 9.98. The van der Waals surface area contributed by atoms with Gasteiger partial charge in [-0.1, -0.05) is 13.3 Å². The summed E-state index contributed by atoms with van der Waals surface area (Å²) in [5.74, 6) is -0.862. The number of nitrogens with zero attached hydrogens (tertiary/aromatic N) is 1. The van der Waals surface area contributed by atoms with Crippen LogP contribution in [-0.4, -0.2) is 15.6 Å². The molecule has 0 saturated carbocycles. The summed E-state index contributed by atoms with van der Waals surface area (Å²) in [5, 5.41) is 8.97. The summed E-state index contributed by atoms with van der Waals surface area (Å²) in [6.07, 6.45) is 3.85. The van der Waals surface area contributed by atoms with Crippen LogP contribution < -0.4 is 0 Å². The first-order valence-electron chi connectivity index (χ1n) is 4.90. The average molecular weight is 195 g/mol. The molecule has 3 heteroatoms. The molecule has 1 N–H and O–H groups in total. The summed E-state index contributed by atoms with van der Waals surface area (Å²) < 4.78 is 1.83. The van der Waals surface area contributed by atoms with Crippen molar-refractivity contribution < 1.29 is 9.90 Å². The molecular weight excluding hydrogens is 178 g/mol. The van der Waals surface area contributed by atoms with E-state index in [1.807, 2.05) is 10.8 Å². The van der Waals surface area contributed by atoms with Crippen molar-refractivity contribution in [3.63, 3.8) is 0 Å². The number of rotatable bonds is 4. The molecule has 3 nitrogen and oxygen atoms in total. The van der Waals surface area contributed by atoms with E-state index in [1.54, 1.807) is 12.1 Å². The standard InChI is InChI=1S/C11H17NO2/c1-4-7-11(2,3)12-8-5-6-9(12)10(13)14/h5-6,8H,4,7H2,1-3H3,(H,13,14). The van der Waals surface area contributed by atoms with E-state index in [4.69, 9.17) is 5.11 Å². The van der Waals surface area contributed by atoms with Crippen molar-refractivity contribution >= 4 is 5.97 Å². The van der Waals surface area contributed by atoms with Gasteiger partial charge in [-0.3, -0.25) is 0 Å². The fourth-order valence-corrected chi connectivity index (χ4v) is 1.82. The number of aromatic nitrogens is 1. The van der Waals surface area contributed by atoms with Gasteiger partial charge in [-0.15, -0.1) is 0 Å². The van der Waals surface area contributed by atoms with Gasteiger partial charge in [0.2, 0.25) is 0 Å². The Morgan fingerprint density at radius 1 is 1.57 bits per heavy atom. The third-order valence-electron chi connectivity index (χ3n) is 2.48. The zero-order valence-electron chi connectivity index (χ0n) is 8.95. The van der Waals surface area contributed by atoms with E-state index in [1.165, 1.54) is 0 Å². The van der Waals surface area contributed by atoms with Crippen molar-refractivity contribution in [2.75, 3.05) is 0 Å². The molecule has 0 saturated heterocycles. The van der Waals surface area contributed by atoms with Gasteiger partial charge in [-0.05, 0) is 32.4 Å². The monoisotopic (exact) mass is 195 g/mol. The van der Waals surface area contributed by atoms with Gasteiger partial charge in [0.1, 0.15) is 5.69 Å². The van der Waals surface area contributed by atoms with E-state index in [0.29, 0.717) is 5.69 Å². The number of carbonyl (C=O) groups is 1. The van der Waals surface area contributed by atoms with Crippen LogP contribution in [0.5, 0.6) is 0 Å². The van der Waals surface area contributed by atoms with Crippen LogP contribution in [0.2, 0.25) is 0 Å². The third kappa shape index (κ3) is 1.97. The summed E-state index contributed by atoms with van der Waals surface area (Å²) in [7, 11) is 0. The van der Waals surface area contributed by atoms with Gasteiger partial charge in [-0.2, -0.15) is 0 Å². The molecule has 0 spiro atoms. The molecule has 0 amide bonds. The molecule has 1 aromatic rings. The summed E-state index contributed by atoms with van der Waals surface area (Å²) in [6, 6.07) is 3.42. The fraction of sp³-hybridized carbons (Fsp3) is 0.545. The van der Waals surface area contributed by atoms with Crippen LogP contribution in [0, 0.1) is 0 Å². The Balaban J connectivity index is 3.05. The fourth-order valence-electron chi connectivity index (χ4n) is 1.82. The topological polar surface area (TPSA) is 42.2 Å². The maximum atomic E-state index is 10.9. The Kier molecular flexibility index (Phi) is 2.99. The van der Waals surface area contributed by atoms with Crippen molar-refractivity contribution in [2.24, 2.45) is 0 Å². The first-order chi connectivity index (χ1) is 6.49. The molecule has 1 rings (SSSR count). The lowest BCUT2D eigenvalue weighted by Gasteiger charge is -2.28. The highest BCUT2D eigenvalue weighted by molar-refractivity contribution is 5.85. The quantitative estimate of drug-likeness (QED) is 0.802. The predicted molar refractivity (Wildman–Crippen MR) is 55.6 cm³/mol. The molecule has 78 valence electrons. The van der Waals surface area contributed by atoms with Gasteiger partial charge < -0.3 is 9.67 Å². The highest BCUT2D eigenvalue weighted by atomic mass is 16.4. The van der Waals surface area contributed by atoms with E-state index < -0.39 is 5.97 Å². The van der Waals surface area contributed by atoms with E-state index in [0.717, 1.165) is 12.8 Å². The second-order valence-electron chi connectivity index (χ2n) is 4.13. The highest BCUT2D eigenvalue weighted by Crippen LogP contribution is 2.23. The van der Waals surface area contributed by atoms with E-state index in [-0.39, 0.29) is 5.54 Å². The first-order valence-corrected chi connectivity index (χ1v) is 4.90. The molecular formula is C11H17NO2. The zero-order valence-corrected chi connectivity index (χ0v) is 8.95. The largest absolute Gasteiger partial charge is 0.477 e. The molecule has 0 fully saturated rings. The Labute approximate surface area is 84.4 Å². The lowest BCUT2D eigenvalue weighted by Crippen LogP contribution is -2.28. The number of carboxylic acid groups (broad SMARTS) is 1. The summed E-state index contributed by atoms with van der Waals surface area (Å²) >= 11 is 0. The van der Waals surface area contributed by atoms with E-state index in [2.05, 4.69) is 20.8 Å². The summed E-state index contributed by atoms with van der Waals surface area (Å²) in [4.78, 5) is 10.9.